The first kappa shape index (κ1) is 32.1. The molecule has 3 amide bonds. The molecule has 2 heterocycles. The van der Waals surface area contributed by atoms with E-state index in [4.69, 9.17) is 0 Å². The molecule has 0 radical (unpaired) electrons. The molecule has 1 aromatic heterocycles. The first-order valence-electron chi connectivity index (χ1n) is 13.0. The van der Waals surface area contributed by atoms with Gasteiger partial charge in [-0.2, -0.15) is 4.99 Å². The van der Waals surface area contributed by atoms with Crippen molar-refractivity contribution in [1.29, 1.82) is 0 Å². The minimum atomic E-state index is -5.00. The summed E-state index contributed by atoms with van der Waals surface area (Å²) in [4.78, 5) is 34.2. The van der Waals surface area contributed by atoms with Crippen LogP contribution in [0.4, 0.5) is 42.5 Å². The third-order valence-electron chi connectivity index (χ3n) is 5.97. The lowest BCUT2D eigenvalue weighted by atomic mass is 10.2. The number of halogens is 6. The van der Waals surface area contributed by atoms with Gasteiger partial charge < -0.3 is 14.8 Å². The molecule has 3 aromatic carbocycles. The number of urea groups is 1. The minimum Gasteiger partial charge on any atom is -0.406 e. The molecule has 0 aliphatic carbocycles. The van der Waals surface area contributed by atoms with Gasteiger partial charge in [0.1, 0.15) is 12.1 Å². The Bertz CT molecular complexity index is 1800. The highest BCUT2D eigenvalue weighted by molar-refractivity contribution is 8.15. The summed E-state index contributed by atoms with van der Waals surface area (Å²) in [5.74, 6) is -1.37. The molecular weight excluding hydrogens is 642 g/mol. The number of carbonyl (C=O) groups excluding carboxylic acids is 2. The van der Waals surface area contributed by atoms with E-state index in [2.05, 4.69) is 29.9 Å². The van der Waals surface area contributed by atoms with E-state index in [1.807, 2.05) is 0 Å². The molecule has 0 saturated carbocycles. The SMILES string of the molecule is Cc1ccc(OC(F)(F)F)c(N2C(=O)CS/C2=N\C(=O)Nc2ccc(/C=C/c3ncn(-c4ccc(OC(F)(F)F)cc4)n3)cc2)c1. The summed E-state index contributed by atoms with van der Waals surface area (Å²) < 4.78 is 85.3. The summed E-state index contributed by atoms with van der Waals surface area (Å²) in [6.07, 6.45) is -5.12. The number of carbonyl (C=O) groups is 2. The van der Waals surface area contributed by atoms with Crippen molar-refractivity contribution in [3.8, 4) is 17.2 Å². The first-order chi connectivity index (χ1) is 21.7. The van der Waals surface area contributed by atoms with Gasteiger partial charge in [-0.05, 0) is 72.7 Å². The standard InChI is InChI=1S/C29H20F6N6O4S/c1-17-2-12-23(45-29(33,34)35)22(14-17)41-25(42)15-46-27(41)38-26(43)37-19-6-3-18(4-7-19)5-13-24-36-16-40(39-24)20-8-10-21(11-9-20)44-28(30,31)32/h2-14,16H,15H2,1H3,(H,37,43)/b13-5+,38-27-. The maximum Gasteiger partial charge on any atom is 0.573 e. The van der Waals surface area contributed by atoms with E-state index in [0.29, 0.717) is 28.3 Å². The summed E-state index contributed by atoms with van der Waals surface area (Å²) in [7, 11) is 0. The van der Waals surface area contributed by atoms with Crippen LogP contribution in [-0.4, -0.2) is 50.3 Å². The van der Waals surface area contributed by atoms with Gasteiger partial charge in [-0.15, -0.1) is 31.4 Å². The molecule has 238 valence electrons. The Kier molecular flexibility index (Phi) is 9.04. The highest BCUT2D eigenvalue weighted by Crippen LogP contribution is 2.38. The Morgan fingerprint density at radius 3 is 2.33 bits per heavy atom. The van der Waals surface area contributed by atoms with Gasteiger partial charge in [-0.25, -0.2) is 14.5 Å². The maximum atomic E-state index is 13.0. The highest BCUT2D eigenvalue weighted by Gasteiger charge is 2.37. The molecule has 1 aliphatic heterocycles. The summed E-state index contributed by atoms with van der Waals surface area (Å²) in [5, 5.41) is 6.69. The molecule has 46 heavy (non-hydrogen) atoms. The zero-order valence-electron chi connectivity index (χ0n) is 23.3. The fourth-order valence-electron chi connectivity index (χ4n) is 4.06. The number of thioether (sulfide) groups is 1. The molecule has 17 heteroatoms. The summed E-state index contributed by atoms with van der Waals surface area (Å²) in [6.45, 7) is 1.63. The van der Waals surface area contributed by atoms with Crippen molar-refractivity contribution < 1.29 is 45.4 Å². The van der Waals surface area contributed by atoms with Crippen molar-refractivity contribution in [2.24, 2.45) is 4.99 Å². The van der Waals surface area contributed by atoms with Crippen LogP contribution in [0.25, 0.3) is 17.8 Å². The van der Waals surface area contributed by atoms with Gasteiger partial charge >= 0.3 is 18.8 Å². The van der Waals surface area contributed by atoms with Crippen LogP contribution in [0, 0.1) is 6.92 Å². The van der Waals surface area contributed by atoms with Crippen molar-refractivity contribution >= 4 is 52.4 Å². The van der Waals surface area contributed by atoms with Crippen molar-refractivity contribution in [1.82, 2.24) is 14.8 Å². The number of benzene rings is 3. The molecule has 4 aromatic rings. The molecule has 0 bridgehead atoms. The van der Waals surface area contributed by atoms with E-state index >= 15 is 0 Å². The number of hydrogen-bond acceptors (Lipinski definition) is 7. The number of hydrogen-bond donors (Lipinski definition) is 1. The number of aromatic nitrogens is 3. The van der Waals surface area contributed by atoms with Crippen LogP contribution in [0.5, 0.6) is 11.5 Å². The van der Waals surface area contributed by atoms with E-state index in [1.54, 1.807) is 43.3 Å². The van der Waals surface area contributed by atoms with E-state index in [9.17, 15) is 35.9 Å². The van der Waals surface area contributed by atoms with Crippen molar-refractivity contribution in [2.45, 2.75) is 19.6 Å². The van der Waals surface area contributed by atoms with Crippen molar-refractivity contribution in [3.05, 3.63) is 90.0 Å². The van der Waals surface area contributed by atoms with Gasteiger partial charge in [-0.3, -0.25) is 9.69 Å². The first-order valence-corrected chi connectivity index (χ1v) is 14.0. The second kappa shape index (κ2) is 13.0. The Balaban J connectivity index is 1.22. The molecule has 1 saturated heterocycles. The van der Waals surface area contributed by atoms with Crippen LogP contribution < -0.4 is 19.7 Å². The van der Waals surface area contributed by atoms with Gasteiger partial charge in [0.2, 0.25) is 5.91 Å². The molecular formula is C29H20F6N6O4S. The fraction of sp³-hybridized carbons (Fsp3) is 0.138. The number of anilines is 2. The highest BCUT2D eigenvalue weighted by atomic mass is 32.2. The number of rotatable bonds is 7. The number of amidine groups is 1. The molecule has 0 unspecified atom stereocenters. The third-order valence-corrected chi connectivity index (χ3v) is 6.90. The quantitative estimate of drug-likeness (QED) is 0.208. The van der Waals surface area contributed by atoms with Gasteiger partial charge in [0.05, 0.1) is 17.1 Å². The van der Waals surface area contributed by atoms with Crippen molar-refractivity contribution in [3.63, 3.8) is 0 Å². The van der Waals surface area contributed by atoms with E-state index in [-0.39, 0.29) is 22.4 Å². The lowest BCUT2D eigenvalue weighted by Crippen LogP contribution is -2.31. The summed E-state index contributed by atoms with van der Waals surface area (Å²) in [5.41, 5.74) is 1.88. The minimum absolute atomic E-state index is 0.114. The lowest BCUT2D eigenvalue weighted by Gasteiger charge is -2.21. The van der Waals surface area contributed by atoms with Crippen LogP contribution in [-0.2, 0) is 4.79 Å². The monoisotopic (exact) mass is 662 g/mol. The predicted molar refractivity (Wildman–Crippen MR) is 158 cm³/mol. The smallest absolute Gasteiger partial charge is 0.406 e. The van der Waals surface area contributed by atoms with Gasteiger partial charge in [-0.1, -0.05) is 36.0 Å². The third kappa shape index (κ3) is 8.44. The fourth-order valence-corrected chi connectivity index (χ4v) is 4.92. The predicted octanol–water partition coefficient (Wildman–Crippen LogP) is 7.21. The normalized spacial score (nSPS) is 14.7. The van der Waals surface area contributed by atoms with Gasteiger partial charge in [0, 0.05) is 5.69 Å². The van der Waals surface area contributed by atoms with E-state index in [1.165, 1.54) is 35.3 Å². The molecule has 5 rings (SSSR count). The number of nitrogens with one attached hydrogen (secondary N) is 1. The number of ether oxygens (including phenoxy) is 2. The number of aryl methyl sites for hydroxylation is 1. The molecule has 0 atom stereocenters. The van der Waals surface area contributed by atoms with Crippen LogP contribution in [0.1, 0.15) is 17.0 Å². The zero-order chi connectivity index (χ0) is 33.1. The second-order valence-corrected chi connectivity index (χ2v) is 10.3. The van der Waals surface area contributed by atoms with Crippen molar-refractivity contribution in [2.75, 3.05) is 16.0 Å². The van der Waals surface area contributed by atoms with Crippen LogP contribution in [0.3, 0.4) is 0 Å². The van der Waals surface area contributed by atoms with Gasteiger partial charge in [0.25, 0.3) is 0 Å². The Hall–Kier alpha value is -5.32. The number of aliphatic imine (C=N–C) groups is 1. The topological polar surface area (TPSA) is 111 Å². The Morgan fingerprint density at radius 1 is 0.957 bits per heavy atom. The molecule has 1 fully saturated rings. The largest absolute Gasteiger partial charge is 0.573 e. The number of nitrogens with zero attached hydrogens (tertiary/aromatic N) is 5. The summed E-state index contributed by atoms with van der Waals surface area (Å²) >= 11 is 0.894. The van der Waals surface area contributed by atoms with Crippen LogP contribution in [0.15, 0.2) is 78.0 Å². The number of amides is 3. The molecule has 1 aliphatic rings. The molecule has 0 spiro atoms. The van der Waals surface area contributed by atoms with Crippen LogP contribution >= 0.6 is 11.8 Å². The number of alkyl halides is 6. The maximum absolute atomic E-state index is 13.0. The average Bonchev–Trinajstić information content (AvgIpc) is 3.59. The lowest BCUT2D eigenvalue weighted by molar-refractivity contribution is -0.275. The van der Waals surface area contributed by atoms with E-state index in [0.717, 1.165) is 34.9 Å². The Morgan fingerprint density at radius 2 is 1.65 bits per heavy atom. The second-order valence-electron chi connectivity index (χ2n) is 9.41. The summed E-state index contributed by atoms with van der Waals surface area (Å²) in [6, 6.07) is 14.5. The van der Waals surface area contributed by atoms with Gasteiger partial charge in [0.15, 0.2) is 16.7 Å². The molecule has 1 N–H and O–H groups in total. The van der Waals surface area contributed by atoms with Crippen LogP contribution in [0.2, 0.25) is 0 Å². The average molecular weight is 663 g/mol. The molecule has 10 nitrogen and oxygen atoms in total. The zero-order valence-corrected chi connectivity index (χ0v) is 24.2. The Labute approximate surface area is 260 Å². The van der Waals surface area contributed by atoms with E-state index < -0.39 is 30.4 Å².